The molecule has 1 atom stereocenters. The number of nitrogens with one attached hydrogen (secondary N) is 4. The van der Waals surface area contributed by atoms with Crippen LogP contribution in [0, 0.1) is 5.82 Å². The van der Waals surface area contributed by atoms with Crippen molar-refractivity contribution >= 4 is 34.3 Å². The fourth-order valence-corrected chi connectivity index (χ4v) is 3.57. The number of benzene rings is 2. The second kappa shape index (κ2) is 8.36. The molecule has 0 bridgehead atoms. The van der Waals surface area contributed by atoms with E-state index in [0.717, 1.165) is 16.5 Å². The predicted octanol–water partition coefficient (Wildman–Crippen LogP) is 2.50. The quantitative estimate of drug-likeness (QED) is 0.504. The summed E-state index contributed by atoms with van der Waals surface area (Å²) in [6.45, 7) is 0.386. The molecular weight excluding hydrogens is 387 g/mol. The van der Waals surface area contributed by atoms with E-state index in [1.54, 1.807) is 36.5 Å². The number of hydrogen-bond acceptors (Lipinski definition) is 3. The minimum absolute atomic E-state index is 0.0945. The predicted molar refractivity (Wildman–Crippen MR) is 111 cm³/mol. The normalized spacial score (nSPS) is 15.8. The number of aromatic nitrogens is 1. The largest absolute Gasteiger partial charge is 0.361 e. The molecule has 30 heavy (non-hydrogen) atoms. The maximum absolute atomic E-state index is 13.5. The van der Waals surface area contributed by atoms with Crippen LogP contribution in [0.4, 0.5) is 10.1 Å². The van der Waals surface area contributed by atoms with E-state index in [2.05, 4.69) is 20.9 Å². The van der Waals surface area contributed by atoms with Crippen LogP contribution < -0.4 is 16.0 Å². The molecule has 1 aromatic heterocycles. The zero-order chi connectivity index (χ0) is 21.1. The Bertz CT molecular complexity index is 1120. The molecule has 7 nitrogen and oxygen atoms in total. The molecule has 0 spiro atoms. The smallest absolute Gasteiger partial charge is 0.254 e. The van der Waals surface area contributed by atoms with Crippen molar-refractivity contribution in [3.8, 4) is 0 Å². The van der Waals surface area contributed by atoms with Crippen molar-refractivity contribution < 1.29 is 18.8 Å². The maximum atomic E-state index is 13.5. The Balaban J connectivity index is 1.28. The Hall–Kier alpha value is -3.68. The van der Waals surface area contributed by atoms with Gasteiger partial charge in [0.1, 0.15) is 11.9 Å². The van der Waals surface area contributed by atoms with E-state index in [-0.39, 0.29) is 36.4 Å². The molecule has 4 N–H and O–H groups in total. The molecule has 0 aliphatic carbocycles. The first-order valence-electron chi connectivity index (χ1n) is 9.74. The molecule has 3 amide bonds. The molecule has 154 valence electrons. The third-order valence-electron chi connectivity index (χ3n) is 5.16. The Morgan fingerprint density at radius 3 is 2.83 bits per heavy atom. The summed E-state index contributed by atoms with van der Waals surface area (Å²) in [5.74, 6) is -1.22. The third-order valence-corrected chi connectivity index (χ3v) is 5.16. The van der Waals surface area contributed by atoms with E-state index in [4.69, 9.17) is 0 Å². The Kier molecular flexibility index (Phi) is 5.47. The minimum Gasteiger partial charge on any atom is -0.361 e. The molecule has 3 aromatic rings. The number of anilines is 1. The summed E-state index contributed by atoms with van der Waals surface area (Å²) in [7, 11) is 0. The molecular formula is C22H21FN4O3. The van der Waals surface area contributed by atoms with Gasteiger partial charge in [-0.2, -0.15) is 0 Å². The van der Waals surface area contributed by atoms with Gasteiger partial charge in [0.25, 0.3) is 5.91 Å². The topological polar surface area (TPSA) is 103 Å². The van der Waals surface area contributed by atoms with E-state index in [1.165, 1.54) is 12.1 Å². The van der Waals surface area contributed by atoms with Gasteiger partial charge < -0.3 is 20.9 Å². The summed E-state index contributed by atoms with van der Waals surface area (Å²) in [6, 6.07) is 10.5. The van der Waals surface area contributed by atoms with Crippen LogP contribution in [0.2, 0.25) is 0 Å². The van der Waals surface area contributed by atoms with Crippen LogP contribution in [0.5, 0.6) is 0 Å². The third kappa shape index (κ3) is 4.17. The van der Waals surface area contributed by atoms with E-state index < -0.39 is 6.04 Å². The van der Waals surface area contributed by atoms with Crippen molar-refractivity contribution in [3.63, 3.8) is 0 Å². The zero-order valence-electron chi connectivity index (χ0n) is 16.1. The van der Waals surface area contributed by atoms with Crippen LogP contribution in [0.25, 0.3) is 10.9 Å². The van der Waals surface area contributed by atoms with Crippen LogP contribution >= 0.6 is 0 Å². The number of hydrogen-bond donors (Lipinski definition) is 4. The average Bonchev–Trinajstić information content (AvgIpc) is 3.07. The van der Waals surface area contributed by atoms with Crippen LogP contribution in [-0.2, 0) is 16.0 Å². The molecule has 0 unspecified atom stereocenters. The van der Waals surface area contributed by atoms with E-state index in [0.29, 0.717) is 24.2 Å². The zero-order valence-corrected chi connectivity index (χ0v) is 16.1. The van der Waals surface area contributed by atoms with Gasteiger partial charge >= 0.3 is 0 Å². The maximum Gasteiger partial charge on any atom is 0.254 e. The van der Waals surface area contributed by atoms with Crippen LogP contribution in [0.15, 0.2) is 48.7 Å². The SMILES string of the molecule is O=C(CC[C@H]1NC(=O)c2ccccc2NC1=O)NCCc1c[nH]c2ccc(F)cc12. The molecule has 2 heterocycles. The van der Waals surface area contributed by atoms with Gasteiger partial charge in [0.15, 0.2) is 0 Å². The van der Waals surface area contributed by atoms with Gasteiger partial charge in [-0.15, -0.1) is 0 Å². The molecule has 0 fully saturated rings. The molecule has 0 radical (unpaired) electrons. The molecule has 4 rings (SSSR count). The number of aromatic amines is 1. The van der Waals surface area contributed by atoms with Gasteiger partial charge in [-0.05, 0) is 48.7 Å². The van der Waals surface area contributed by atoms with Gasteiger partial charge in [-0.1, -0.05) is 12.1 Å². The van der Waals surface area contributed by atoms with Gasteiger partial charge in [-0.25, -0.2) is 4.39 Å². The summed E-state index contributed by atoms with van der Waals surface area (Å²) in [5, 5.41) is 9.00. The van der Waals surface area contributed by atoms with Crippen molar-refractivity contribution in [2.24, 2.45) is 0 Å². The molecule has 1 aliphatic heterocycles. The number of halogens is 1. The summed E-state index contributed by atoms with van der Waals surface area (Å²) in [4.78, 5) is 40.0. The lowest BCUT2D eigenvalue weighted by molar-refractivity contribution is -0.121. The number of para-hydroxylation sites is 1. The van der Waals surface area contributed by atoms with E-state index >= 15 is 0 Å². The Labute approximate surface area is 172 Å². The van der Waals surface area contributed by atoms with Gasteiger partial charge in [-0.3, -0.25) is 14.4 Å². The van der Waals surface area contributed by atoms with Crippen molar-refractivity contribution in [2.45, 2.75) is 25.3 Å². The highest BCUT2D eigenvalue weighted by Gasteiger charge is 2.27. The summed E-state index contributed by atoms with van der Waals surface area (Å²) >= 11 is 0. The second-order valence-electron chi connectivity index (χ2n) is 7.20. The van der Waals surface area contributed by atoms with Crippen LogP contribution in [0.3, 0.4) is 0 Å². The second-order valence-corrected chi connectivity index (χ2v) is 7.20. The van der Waals surface area contributed by atoms with Crippen molar-refractivity contribution in [3.05, 3.63) is 65.6 Å². The Morgan fingerprint density at radius 1 is 1.13 bits per heavy atom. The summed E-state index contributed by atoms with van der Waals surface area (Å²) in [6.07, 6.45) is 2.64. The lowest BCUT2D eigenvalue weighted by atomic mass is 10.1. The van der Waals surface area contributed by atoms with Crippen LogP contribution in [-0.4, -0.2) is 35.3 Å². The summed E-state index contributed by atoms with van der Waals surface area (Å²) in [5.41, 5.74) is 2.61. The number of fused-ring (bicyclic) bond motifs is 2. The van der Waals surface area contributed by atoms with Crippen molar-refractivity contribution in [2.75, 3.05) is 11.9 Å². The van der Waals surface area contributed by atoms with Gasteiger partial charge in [0.05, 0.1) is 11.3 Å². The molecule has 2 aromatic carbocycles. The first-order chi connectivity index (χ1) is 14.5. The first-order valence-corrected chi connectivity index (χ1v) is 9.74. The summed E-state index contributed by atoms with van der Waals surface area (Å²) < 4.78 is 13.5. The number of rotatable bonds is 6. The van der Waals surface area contributed by atoms with Crippen molar-refractivity contribution in [1.29, 1.82) is 0 Å². The number of H-pyrrole nitrogens is 1. The lowest BCUT2D eigenvalue weighted by Gasteiger charge is -2.14. The molecule has 0 saturated carbocycles. The Morgan fingerprint density at radius 2 is 1.97 bits per heavy atom. The highest BCUT2D eigenvalue weighted by Crippen LogP contribution is 2.20. The highest BCUT2D eigenvalue weighted by atomic mass is 19.1. The fourth-order valence-electron chi connectivity index (χ4n) is 3.57. The van der Waals surface area contributed by atoms with Gasteiger partial charge in [0.2, 0.25) is 11.8 Å². The lowest BCUT2D eigenvalue weighted by Crippen LogP contribution is -2.42. The highest BCUT2D eigenvalue weighted by molar-refractivity contribution is 6.09. The van der Waals surface area contributed by atoms with E-state index in [9.17, 15) is 18.8 Å². The molecule has 1 aliphatic rings. The first kappa shape index (κ1) is 19.6. The van der Waals surface area contributed by atoms with Gasteiger partial charge in [0, 0.05) is 30.1 Å². The van der Waals surface area contributed by atoms with E-state index in [1.807, 2.05) is 0 Å². The number of carbonyl (C=O) groups is 3. The van der Waals surface area contributed by atoms with Crippen LogP contribution in [0.1, 0.15) is 28.8 Å². The standard InChI is InChI=1S/C22H21FN4O3/c23-14-5-6-17-16(11-14)13(12-25-17)9-10-24-20(28)8-7-19-22(30)26-18-4-2-1-3-15(18)21(29)27-19/h1-6,11-12,19,25H,7-10H2,(H,24,28)(H,26,30)(H,27,29)/t19-/m1/s1. The minimum atomic E-state index is -0.785. The molecule has 8 heteroatoms. The van der Waals surface area contributed by atoms with Crippen molar-refractivity contribution in [1.82, 2.24) is 15.6 Å². The fraction of sp³-hybridized carbons (Fsp3) is 0.227. The average molecular weight is 408 g/mol. The number of carbonyl (C=O) groups excluding carboxylic acids is 3. The monoisotopic (exact) mass is 408 g/mol. The molecule has 0 saturated heterocycles. The number of amides is 3.